The highest BCUT2D eigenvalue weighted by molar-refractivity contribution is 6.30. The number of amides is 1. The van der Waals surface area contributed by atoms with Crippen molar-refractivity contribution >= 4 is 29.0 Å². The molecule has 2 aromatic carbocycles. The van der Waals surface area contributed by atoms with Crippen molar-refractivity contribution in [3.05, 3.63) is 76.9 Å². The Bertz CT molecular complexity index is 1050. The SMILES string of the molecule is COc1ccccc1C1=NOC(C(=O)Nc2ccn(Cc3ccc(Cl)cc3)n2)C1. The van der Waals surface area contributed by atoms with E-state index in [0.29, 0.717) is 35.3 Å². The maximum atomic E-state index is 12.5. The minimum absolute atomic E-state index is 0.296. The van der Waals surface area contributed by atoms with E-state index in [2.05, 4.69) is 15.6 Å². The number of hydrogen-bond donors (Lipinski definition) is 1. The maximum Gasteiger partial charge on any atom is 0.269 e. The molecule has 0 spiro atoms. The van der Waals surface area contributed by atoms with E-state index in [1.165, 1.54) is 0 Å². The van der Waals surface area contributed by atoms with Crippen LogP contribution in [0, 0.1) is 0 Å². The van der Waals surface area contributed by atoms with Crippen molar-refractivity contribution < 1.29 is 14.4 Å². The summed E-state index contributed by atoms with van der Waals surface area (Å²) in [5, 5.41) is 11.9. The molecule has 0 bridgehead atoms. The second-order valence-corrected chi connectivity index (χ2v) is 6.99. The number of anilines is 1. The topological polar surface area (TPSA) is 77.7 Å². The van der Waals surface area contributed by atoms with Crippen molar-refractivity contribution in [2.75, 3.05) is 12.4 Å². The fourth-order valence-corrected chi connectivity index (χ4v) is 3.19. The van der Waals surface area contributed by atoms with Gasteiger partial charge in [-0.2, -0.15) is 5.10 Å². The Morgan fingerprint density at radius 2 is 2.03 bits per heavy atom. The number of para-hydroxylation sites is 1. The maximum absolute atomic E-state index is 12.5. The molecule has 0 radical (unpaired) electrons. The molecule has 1 N–H and O–H groups in total. The number of aromatic nitrogens is 2. The molecule has 2 heterocycles. The normalized spacial score (nSPS) is 15.5. The van der Waals surface area contributed by atoms with Crippen molar-refractivity contribution in [1.29, 1.82) is 0 Å². The predicted molar refractivity (Wildman–Crippen MR) is 110 cm³/mol. The highest BCUT2D eigenvalue weighted by Crippen LogP contribution is 2.25. The average Bonchev–Trinajstić information content (AvgIpc) is 3.39. The fraction of sp³-hybridized carbons (Fsp3) is 0.190. The number of rotatable bonds is 6. The summed E-state index contributed by atoms with van der Waals surface area (Å²) in [6.45, 7) is 0.577. The number of carbonyl (C=O) groups is 1. The molecule has 1 amide bonds. The summed E-state index contributed by atoms with van der Waals surface area (Å²) in [7, 11) is 1.60. The Morgan fingerprint density at radius 1 is 1.24 bits per heavy atom. The molecule has 0 saturated heterocycles. The van der Waals surface area contributed by atoms with Crippen LogP contribution < -0.4 is 10.1 Å². The second kappa shape index (κ2) is 8.36. The van der Waals surface area contributed by atoms with E-state index in [1.807, 2.05) is 48.5 Å². The first-order chi connectivity index (χ1) is 14.1. The number of ether oxygens (including phenoxy) is 1. The van der Waals surface area contributed by atoms with Gasteiger partial charge in [0.2, 0.25) is 6.10 Å². The Morgan fingerprint density at radius 3 is 2.83 bits per heavy atom. The van der Waals surface area contributed by atoms with Crippen molar-refractivity contribution in [3.63, 3.8) is 0 Å². The third-order valence-electron chi connectivity index (χ3n) is 4.53. The van der Waals surface area contributed by atoms with Crippen LogP contribution >= 0.6 is 11.6 Å². The van der Waals surface area contributed by atoms with E-state index in [9.17, 15) is 4.79 Å². The van der Waals surface area contributed by atoms with Crippen LogP contribution in [0.4, 0.5) is 5.82 Å². The van der Waals surface area contributed by atoms with Gasteiger partial charge in [0, 0.05) is 29.3 Å². The zero-order valence-corrected chi connectivity index (χ0v) is 16.5. The van der Waals surface area contributed by atoms with Crippen LogP contribution in [0.1, 0.15) is 17.5 Å². The Hall–Kier alpha value is -3.32. The van der Waals surface area contributed by atoms with Crippen molar-refractivity contribution in [3.8, 4) is 5.75 Å². The summed E-state index contributed by atoms with van der Waals surface area (Å²) in [6.07, 6.45) is 1.45. The van der Waals surface area contributed by atoms with Gasteiger partial charge in [0.15, 0.2) is 5.82 Å². The van der Waals surface area contributed by atoms with Gasteiger partial charge in [-0.3, -0.25) is 9.48 Å². The number of carbonyl (C=O) groups excluding carboxylic acids is 1. The minimum atomic E-state index is -0.712. The highest BCUT2D eigenvalue weighted by atomic mass is 35.5. The molecule has 1 unspecified atom stereocenters. The molecule has 4 rings (SSSR count). The first-order valence-corrected chi connectivity index (χ1v) is 9.45. The van der Waals surface area contributed by atoms with E-state index in [-0.39, 0.29) is 5.91 Å². The van der Waals surface area contributed by atoms with Crippen LogP contribution in [0.15, 0.2) is 65.9 Å². The van der Waals surface area contributed by atoms with Crippen molar-refractivity contribution in [2.24, 2.45) is 5.16 Å². The molecule has 3 aromatic rings. The number of oxime groups is 1. The van der Waals surface area contributed by atoms with Gasteiger partial charge in [0.05, 0.1) is 19.4 Å². The van der Waals surface area contributed by atoms with E-state index in [1.54, 1.807) is 24.1 Å². The lowest BCUT2D eigenvalue weighted by molar-refractivity contribution is -0.125. The summed E-state index contributed by atoms with van der Waals surface area (Å²) in [6, 6.07) is 16.8. The van der Waals surface area contributed by atoms with Crippen LogP contribution in [0.3, 0.4) is 0 Å². The monoisotopic (exact) mass is 410 g/mol. The number of hydrogen-bond acceptors (Lipinski definition) is 5. The second-order valence-electron chi connectivity index (χ2n) is 6.55. The lowest BCUT2D eigenvalue weighted by atomic mass is 10.0. The Kier molecular flexibility index (Phi) is 5.48. The van der Waals surface area contributed by atoms with Crippen molar-refractivity contribution in [1.82, 2.24) is 9.78 Å². The molecule has 29 heavy (non-hydrogen) atoms. The zero-order chi connectivity index (χ0) is 20.2. The van der Waals surface area contributed by atoms with E-state index >= 15 is 0 Å². The molecule has 8 heteroatoms. The number of nitrogens with zero attached hydrogens (tertiary/aromatic N) is 3. The molecule has 7 nitrogen and oxygen atoms in total. The van der Waals surface area contributed by atoms with Gasteiger partial charge >= 0.3 is 0 Å². The van der Waals surface area contributed by atoms with Gasteiger partial charge < -0.3 is 14.9 Å². The van der Waals surface area contributed by atoms with Gasteiger partial charge in [0.1, 0.15) is 5.75 Å². The number of methoxy groups -OCH3 is 1. The fourth-order valence-electron chi connectivity index (χ4n) is 3.06. The van der Waals surface area contributed by atoms with Crippen LogP contribution in [0.25, 0.3) is 0 Å². The lowest BCUT2D eigenvalue weighted by Gasteiger charge is -2.08. The predicted octanol–water partition coefficient (Wildman–Crippen LogP) is 3.73. The summed E-state index contributed by atoms with van der Waals surface area (Å²) in [5.41, 5.74) is 2.55. The summed E-state index contributed by atoms with van der Waals surface area (Å²) < 4.78 is 7.09. The molecule has 148 valence electrons. The van der Waals surface area contributed by atoms with E-state index in [0.717, 1.165) is 11.1 Å². The third kappa shape index (κ3) is 4.41. The van der Waals surface area contributed by atoms with Gasteiger partial charge in [-0.25, -0.2) is 0 Å². The molecular weight excluding hydrogens is 392 g/mol. The number of nitrogens with one attached hydrogen (secondary N) is 1. The largest absolute Gasteiger partial charge is 0.496 e. The summed E-state index contributed by atoms with van der Waals surface area (Å²) in [4.78, 5) is 17.9. The van der Waals surface area contributed by atoms with Gasteiger partial charge in [-0.1, -0.05) is 41.0 Å². The Balaban J connectivity index is 1.36. The van der Waals surface area contributed by atoms with Crippen LogP contribution in [0.5, 0.6) is 5.75 Å². The van der Waals surface area contributed by atoms with Crippen molar-refractivity contribution in [2.45, 2.75) is 19.1 Å². The minimum Gasteiger partial charge on any atom is -0.496 e. The molecule has 1 aromatic heterocycles. The van der Waals surface area contributed by atoms with Crippen LogP contribution in [0.2, 0.25) is 5.02 Å². The number of halogens is 1. The first-order valence-electron chi connectivity index (χ1n) is 9.07. The summed E-state index contributed by atoms with van der Waals surface area (Å²) >= 11 is 5.91. The van der Waals surface area contributed by atoms with Gasteiger partial charge in [0.25, 0.3) is 5.91 Å². The zero-order valence-electron chi connectivity index (χ0n) is 15.7. The van der Waals surface area contributed by atoms with Gasteiger partial charge in [-0.15, -0.1) is 0 Å². The molecule has 0 fully saturated rings. The number of benzene rings is 2. The van der Waals surface area contributed by atoms with Crippen LogP contribution in [-0.2, 0) is 16.2 Å². The smallest absolute Gasteiger partial charge is 0.269 e. The third-order valence-corrected chi connectivity index (χ3v) is 4.78. The van der Waals surface area contributed by atoms with E-state index < -0.39 is 6.10 Å². The summed E-state index contributed by atoms with van der Waals surface area (Å²) in [5.74, 6) is 0.852. The quantitative estimate of drug-likeness (QED) is 0.671. The molecule has 1 aliphatic rings. The van der Waals surface area contributed by atoms with Gasteiger partial charge in [-0.05, 0) is 29.8 Å². The molecule has 0 aliphatic carbocycles. The first kappa shape index (κ1) is 19.0. The lowest BCUT2D eigenvalue weighted by Crippen LogP contribution is -2.28. The molecule has 0 saturated carbocycles. The Labute approximate surface area is 172 Å². The standard InChI is InChI=1S/C21H19ClN4O3/c1-28-18-5-3-2-4-16(18)17-12-19(29-25-17)21(27)23-20-10-11-26(24-20)13-14-6-8-15(22)9-7-14/h2-11,19H,12-13H2,1H3,(H,23,24,27). The molecular formula is C21H19ClN4O3. The highest BCUT2D eigenvalue weighted by Gasteiger charge is 2.30. The molecule has 1 atom stereocenters. The average molecular weight is 411 g/mol. The molecule has 1 aliphatic heterocycles. The van der Waals surface area contributed by atoms with E-state index in [4.69, 9.17) is 21.2 Å². The van der Waals surface area contributed by atoms with Crippen LogP contribution in [-0.4, -0.2) is 34.6 Å².